The largest absolute Gasteiger partial charge is 0.416 e. The van der Waals surface area contributed by atoms with E-state index in [1.807, 2.05) is 12.1 Å². The van der Waals surface area contributed by atoms with Crippen LogP contribution in [0.2, 0.25) is 0 Å². The van der Waals surface area contributed by atoms with Gasteiger partial charge >= 0.3 is 6.18 Å². The Hall–Kier alpha value is -2.02. The van der Waals surface area contributed by atoms with Crippen LogP contribution in [0, 0.1) is 0 Å². The Morgan fingerprint density at radius 2 is 1.54 bits per heavy atom. The Labute approximate surface area is 139 Å². The number of alkyl halides is 3. The Morgan fingerprint density at radius 1 is 0.958 bits per heavy atom. The second-order valence-electron chi connectivity index (χ2n) is 5.43. The molecule has 0 unspecified atom stereocenters. The van der Waals surface area contributed by atoms with Crippen LogP contribution in [0.25, 0.3) is 0 Å². The summed E-state index contributed by atoms with van der Waals surface area (Å²) in [4.78, 5) is -0.217. The highest BCUT2D eigenvalue weighted by molar-refractivity contribution is 7.92. The summed E-state index contributed by atoms with van der Waals surface area (Å²) >= 11 is 0. The molecule has 0 aliphatic rings. The van der Waals surface area contributed by atoms with E-state index in [9.17, 15) is 21.6 Å². The predicted molar refractivity (Wildman–Crippen MR) is 87.3 cm³/mol. The third-order valence-corrected chi connectivity index (χ3v) is 4.91. The minimum absolute atomic E-state index is 0.217. The highest BCUT2D eigenvalue weighted by Gasteiger charge is 2.30. The second kappa shape index (κ2) is 7.25. The van der Waals surface area contributed by atoms with E-state index in [0.717, 1.165) is 49.1 Å². The van der Waals surface area contributed by atoms with Crippen molar-refractivity contribution in [1.29, 1.82) is 0 Å². The van der Waals surface area contributed by atoms with Gasteiger partial charge in [-0.05, 0) is 54.8 Å². The SMILES string of the molecule is CCCCc1ccc(NS(=O)(=O)c2ccc(C(F)(F)F)cc2)cc1. The number of anilines is 1. The lowest BCUT2D eigenvalue weighted by atomic mass is 10.1. The first-order valence-corrected chi connectivity index (χ1v) is 9.00. The summed E-state index contributed by atoms with van der Waals surface area (Å²) in [5.41, 5.74) is 0.589. The van der Waals surface area contributed by atoms with E-state index in [0.29, 0.717) is 5.69 Å². The van der Waals surface area contributed by atoms with Crippen LogP contribution in [0.15, 0.2) is 53.4 Å². The topological polar surface area (TPSA) is 46.2 Å². The monoisotopic (exact) mass is 357 g/mol. The standard InChI is InChI=1S/C17H18F3NO2S/c1-2-3-4-13-5-9-15(10-6-13)21-24(22,23)16-11-7-14(8-12-16)17(18,19)20/h5-12,21H,2-4H2,1H3. The van der Waals surface area contributed by atoms with Crippen LogP contribution in [0.3, 0.4) is 0 Å². The van der Waals surface area contributed by atoms with Crippen molar-refractivity contribution in [2.24, 2.45) is 0 Å². The molecule has 0 radical (unpaired) electrons. The summed E-state index contributed by atoms with van der Waals surface area (Å²) in [5.74, 6) is 0. The highest BCUT2D eigenvalue weighted by atomic mass is 32.2. The summed E-state index contributed by atoms with van der Waals surface area (Å²) < 4.78 is 64.4. The summed E-state index contributed by atoms with van der Waals surface area (Å²) in [6.07, 6.45) is -1.45. The molecule has 130 valence electrons. The number of rotatable bonds is 6. The molecule has 0 atom stereocenters. The number of hydrogen-bond acceptors (Lipinski definition) is 2. The van der Waals surface area contributed by atoms with Crippen LogP contribution in [0.4, 0.5) is 18.9 Å². The number of benzene rings is 2. The van der Waals surface area contributed by atoms with Gasteiger partial charge in [-0.25, -0.2) is 8.42 Å². The normalized spacial score (nSPS) is 12.2. The van der Waals surface area contributed by atoms with Gasteiger partial charge < -0.3 is 0 Å². The number of aryl methyl sites for hydroxylation is 1. The van der Waals surface area contributed by atoms with Gasteiger partial charge in [-0.3, -0.25) is 4.72 Å². The molecule has 0 heterocycles. The van der Waals surface area contributed by atoms with Crippen molar-refractivity contribution in [2.45, 2.75) is 37.3 Å². The van der Waals surface area contributed by atoms with Crippen LogP contribution in [0.1, 0.15) is 30.9 Å². The van der Waals surface area contributed by atoms with E-state index in [2.05, 4.69) is 11.6 Å². The third kappa shape index (κ3) is 4.74. The fourth-order valence-electron chi connectivity index (χ4n) is 2.16. The predicted octanol–water partition coefficient (Wildman–Crippen LogP) is 4.85. The fourth-order valence-corrected chi connectivity index (χ4v) is 3.22. The lowest BCUT2D eigenvalue weighted by molar-refractivity contribution is -0.137. The van der Waals surface area contributed by atoms with Crippen LogP contribution >= 0.6 is 0 Å². The number of unbranched alkanes of at least 4 members (excludes halogenated alkanes) is 1. The molecule has 0 amide bonds. The highest BCUT2D eigenvalue weighted by Crippen LogP contribution is 2.30. The molecular weight excluding hydrogens is 339 g/mol. The van der Waals surface area contributed by atoms with Gasteiger partial charge in [0.15, 0.2) is 0 Å². The minimum Gasteiger partial charge on any atom is -0.280 e. The number of sulfonamides is 1. The zero-order chi connectivity index (χ0) is 17.8. The zero-order valence-electron chi connectivity index (χ0n) is 13.1. The second-order valence-corrected chi connectivity index (χ2v) is 7.11. The van der Waals surface area contributed by atoms with E-state index in [1.54, 1.807) is 12.1 Å². The van der Waals surface area contributed by atoms with Crippen LogP contribution in [-0.4, -0.2) is 8.42 Å². The molecule has 0 aliphatic heterocycles. The maximum absolute atomic E-state index is 12.5. The molecule has 7 heteroatoms. The number of nitrogens with one attached hydrogen (secondary N) is 1. The van der Waals surface area contributed by atoms with Gasteiger partial charge in [0.2, 0.25) is 0 Å². The molecule has 0 bridgehead atoms. The zero-order valence-corrected chi connectivity index (χ0v) is 13.9. The van der Waals surface area contributed by atoms with Gasteiger partial charge in [0.05, 0.1) is 10.5 Å². The summed E-state index contributed by atoms with van der Waals surface area (Å²) in [7, 11) is -3.92. The van der Waals surface area contributed by atoms with Gasteiger partial charge in [-0.1, -0.05) is 25.5 Å². The summed E-state index contributed by atoms with van der Waals surface area (Å²) in [6.45, 7) is 2.09. The maximum atomic E-state index is 12.5. The molecule has 0 saturated heterocycles. The first-order chi connectivity index (χ1) is 11.2. The first-order valence-electron chi connectivity index (χ1n) is 7.51. The van der Waals surface area contributed by atoms with E-state index < -0.39 is 21.8 Å². The van der Waals surface area contributed by atoms with Crippen molar-refractivity contribution in [3.05, 3.63) is 59.7 Å². The van der Waals surface area contributed by atoms with Crippen molar-refractivity contribution >= 4 is 15.7 Å². The van der Waals surface area contributed by atoms with Crippen molar-refractivity contribution < 1.29 is 21.6 Å². The molecule has 3 nitrogen and oxygen atoms in total. The fraction of sp³-hybridized carbons (Fsp3) is 0.294. The van der Waals surface area contributed by atoms with Crippen LogP contribution < -0.4 is 4.72 Å². The summed E-state index contributed by atoms with van der Waals surface area (Å²) in [6, 6.07) is 10.4. The molecule has 0 aliphatic carbocycles. The van der Waals surface area contributed by atoms with Gasteiger partial charge in [0, 0.05) is 5.69 Å². The van der Waals surface area contributed by atoms with Crippen molar-refractivity contribution in [3.8, 4) is 0 Å². The molecule has 1 N–H and O–H groups in total. The van der Waals surface area contributed by atoms with E-state index >= 15 is 0 Å². The third-order valence-electron chi connectivity index (χ3n) is 3.52. The minimum atomic E-state index is -4.50. The van der Waals surface area contributed by atoms with E-state index in [-0.39, 0.29) is 4.90 Å². The number of halogens is 3. The lowest BCUT2D eigenvalue weighted by Crippen LogP contribution is -2.13. The van der Waals surface area contributed by atoms with Crippen molar-refractivity contribution in [3.63, 3.8) is 0 Å². The van der Waals surface area contributed by atoms with Gasteiger partial charge in [0.1, 0.15) is 0 Å². The summed E-state index contributed by atoms with van der Waals surface area (Å²) in [5, 5.41) is 0. The van der Waals surface area contributed by atoms with Gasteiger partial charge in [-0.15, -0.1) is 0 Å². The van der Waals surface area contributed by atoms with Crippen LogP contribution in [-0.2, 0) is 22.6 Å². The molecule has 2 aromatic rings. The Balaban J connectivity index is 2.13. The molecular formula is C17H18F3NO2S. The molecule has 0 saturated carbocycles. The average molecular weight is 357 g/mol. The molecule has 2 rings (SSSR count). The van der Waals surface area contributed by atoms with E-state index in [4.69, 9.17) is 0 Å². The molecule has 0 fully saturated rings. The van der Waals surface area contributed by atoms with Crippen molar-refractivity contribution in [1.82, 2.24) is 0 Å². The first kappa shape index (κ1) is 18.3. The van der Waals surface area contributed by atoms with Crippen molar-refractivity contribution in [2.75, 3.05) is 4.72 Å². The smallest absolute Gasteiger partial charge is 0.280 e. The molecule has 0 aromatic heterocycles. The van der Waals surface area contributed by atoms with Crippen LogP contribution in [0.5, 0.6) is 0 Å². The maximum Gasteiger partial charge on any atom is 0.416 e. The Morgan fingerprint density at radius 3 is 2.04 bits per heavy atom. The quantitative estimate of drug-likeness (QED) is 0.803. The average Bonchev–Trinajstić information content (AvgIpc) is 2.53. The molecule has 24 heavy (non-hydrogen) atoms. The lowest BCUT2D eigenvalue weighted by Gasteiger charge is -2.10. The van der Waals surface area contributed by atoms with Gasteiger partial charge in [-0.2, -0.15) is 13.2 Å². The molecule has 0 spiro atoms. The number of hydrogen-bond donors (Lipinski definition) is 1. The van der Waals surface area contributed by atoms with Gasteiger partial charge in [0.25, 0.3) is 10.0 Å². The van der Waals surface area contributed by atoms with E-state index in [1.165, 1.54) is 0 Å². The molecule has 2 aromatic carbocycles. The Bertz CT molecular complexity index is 767. The Kier molecular flexibility index (Phi) is 5.54.